The minimum Gasteiger partial charge on any atom is -0.398 e. The van der Waals surface area contributed by atoms with Crippen molar-refractivity contribution in [2.75, 3.05) is 49.5 Å². The van der Waals surface area contributed by atoms with E-state index in [0.717, 1.165) is 21.2 Å². The monoisotopic (exact) mass is 402 g/mol. The van der Waals surface area contributed by atoms with Crippen LogP contribution in [-0.2, 0) is 0 Å². The SMILES string of the molecule is CN(C)c1cc(SSc2cc(N(C)C)c(Cl)cc2N)c(N)cc1Cl. The van der Waals surface area contributed by atoms with Crippen LogP contribution in [0, 0.1) is 0 Å². The Morgan fingerprint density at radius 3 is 1.33 bits per heavy atom. The van der Waals surface area contributed by atoms with Gasteiger partial charge in [0.15, 0.2) is 0 Å². The van der Waals surface area contributed by atoms with Gasteiger partial charge in [-0.05, 0) is 24.3 Å². The first-order valence-electron chi connectivity index (χ1n) is 7.08. The molecule has 0 saturated heterocycles. The second-order valence-corrected chi connectivity index (χ2v) is 8.67. The summed E-state index contributed by atoms with van der Waals surface area (Å²) >= 11 is 12.5. The Morgan fingerprint density at radius 2 is 1.04 bits per heavy atom. The molecule has 0 spiro atoms. The summed E-state index contributed by atoms with van der Waals surface area (Å²) in [6.07, 6.45) is 0. The quantitative estimate of drug-likeness (QED) is 0.536. The van der Waals surface area contributed by atoms with Crippen molar-refractivity contribution in [2.24, 2.45) is 0 Å². The highest BCUT2D eigenvalue weighted by atomic mass is 35.5. The van der Waals surface area contributed by atoms with Gasteiger partial charge in [-0.25, -0.2) is 0 Å². The molecule has 4 N–H and O–H groups in total. The number of halogens is 2. The fraction of sp³-hybridized carbons (Fsp3) is 0.250. The summed E-state index contributed by atoms with van der Waals surface area (Å²) < 4.78 is 0. The molecule has 8 heteroatoms. The van der Waals surface area contributed by atoms with E-state index in [1.54, 1.807) is 33.7 Å². The molecule has 0 aliphatic carbocycles. The maximum absolute atomic E-state index is 6.23. The molecule has 0 saturated carbocycles. The van der Waals surface area contributed by atoms with Gasteiger partial charge >= 0.3 is 0 Å². The standard InChI is InChI=1S/C16H20Cl2N4S2/c1-21(2)13-7-15(11(19)5-9(13)17)23-24-16-8-14(22(3)4)10(18)6-12(16)20/h5-8H,19-20H2,1-4H3. The zero-order valence-electron chi connectivity index (χ0n) is 13.9. The molecule has 2 rings (SSSR count). The molecule has 2 aromatic carbocycles. The minimum atomic E-state index is 0.632. The van der Waals surface area contributed by atoms with Gasteiger partial charge < -0.3 is 21.3 Å². The van der Waals surface area contributed by atoms with E-state index in [4.69, 9.17) is 34.7 Å². The highest BCUT2D eigenvalue weighted by Crippen LogP contribution is 2.46. The van der Waals surface area contributed by atoms with Gasteiger partial charge in [-0.2, -0.15) is 0 Å². The Hall–Kier alpha value is -1.08. The lowest BCUT2D eigenvalue weighted by molar-refractivity contribution is 1.12. The highest BCUT2D eigenvalue weighted by Gasteiger charge is 2.13. The first-order valence-corrected chi connectivity index (χ1v) is 9.98. The van der Waals surface area contributed by atoms with Crippen LogP contribution >= 0.6 is 44.8 Å². The smallest absolute Gasteiger partial charge is 0.0660 e. The van der Waals surface area contributed by atoms with Gasteiger partial charge in [-0.3, -0.25) is 0 Å². The van der Waals surface area contributed by atoms with Crippen LogP contribution in [0.5, 0.6) is 0 Å². The largest absolute Gasteiger partial charge is 0.398 e. The van der Waals surface area contributed by atoms with E-state index in [0.29, 0.717) is 21.4 Å². The Morgan fingerprint density at radius 1 is 0.708 bits per heavy atom. The van der Waals surface area contributed by atoms with Crippen LogP contribution in [0.2, 0.25) is 10.0 Å². The third-order valence-electron chi connectivity index (χ3n) is 3.34. The maximum atomic E-state index is 6.23. The van der Waals surface area contributed by atoms with E-state index < -0.39 is 0 Å². The van der Waals surface area contributed by atoms with Crippen molar-refractivity contribution < 1.29 is 0 Å². The summed E-state index contributed by atoms with van der Waals surface area (Å²) in [4.78, 5) is 5.79. The number of nitrogen functional groups attached to an aromatic ring is 2. The summed E-state index contributed by atoms with van der Waals surface area (Å²) in [5, 5.41) is 1.26. The number of rotatable bonds is 5. The van der Waals surface area contributed by atoms with E-state index in [9.17, 15) is 0 Å². The number of nitrogens with two attached hydrogens (primary N) is 2. The van der Waals surface area contributed by atoms with E-state index in [2.05, 4.69) is 0 Å². The first-order chi connectivity index (χ1) is 11.2. The molecule has 0 aromatic heterocycles. The molecule has 2 aromatic rings. The normalized spacial score (nSPS) is 10.8. The molecule has 130 valence electrons. The zero-order chi connectivity index (χ0) is 18.0. The van der Waals surface area contributed by atoms with E-state index in [-0.39, 0.29) is 0 Å². The van der Waals surface area contributed by atoms with Gasteiger partial charge in [-0.15, -0.1) is 0 Å². The third kappa shape index (κ3) is 4.30. The van der Waals surface area contributed by atoms with Gasteiger partial charge in [0.25, 0.3) is 0 Å². The first kappa shape index (κ1) is 19.2. The molecular weight excluding hydrogens is 383 g/mol. The van der Waals surface area contributed by atoms with Crippen LogP contribution in [0.15, 0.2) is 34.1 Å². The van der Waals surface area contributed by atoms with Gasteiger partial charge in [0, 0.05) is 49.4 Å². The fourth-order valence-electron chi connectivity index (χ4n) is 2.04. The van der Waals surface area contributed by atoms with Crippen molar-refractivity contribution in [3.8, 4) is 0 Å². The number of anilines is 4. The van der Waals surface area contributed by atoms with Gasteiger partial charge in [0.05, 0.1) is 21.4 Å². The number of hydrogen-bond acceptors (Lipinski definition) is 6. The summed E-state index contributed by atoms with van der Waals surface area (Å²) in [6.45, 7) is 0. The van der Waals surface area contributed by atoms with Gasteiger partial charge in [0.1, 0.15) is 0 Å². The molecule has 0 amide bonds. The molecule has 24 heavy (non-hydrogen) atoms. The average Bonchev–Trinajstić information content (AvgIpc) is 2.47. The van der Waals surface area contributed by atoms with Crippen molar-refractivity contribution in [1.29, 1.82) is 0 Å². The molecule has 0 atom stereocenters. The summed E-state index contributed by atoms with van der Waals surface area (Å²) in [6, 6.07) is 7.51. The van der Waals surface area contributed by atoms with E-state index in [1.165, 1.54) is 0 Å². The lowest BCUT2D eigenvalue weighted by atomic mass is 10.2. The van der Waals surface area contributed by atoms with Crippen molar-refractivity contribution in [3.63, 3.8) is 0 Å². The van der Waals surface area contributed by atoms with Crippen molar-refractivity contribution in [2.45, 2.75) is 9.79 Å². The van der Waals surface area contributed by atoms with Crippen LogP contribution < -0.4 is 21.3 Å². The fourth-order valence-corrected chi connectivity index (χ4v) is 4.93. The molecule has 0 aliphatic heterocycles. The molecule has 0 bridgehead atoms. The van der Waals surface area contributed by atoms with E-state index in [1.807, 2.05) is 50.1 Å². The lowest BCUT2D eigenvalue weighted by Crippen LogP contribution is -2.10. The summed E-state index contributed by atoms with van der Waals surface area (Å²) in [7, 11) is 10.9. The summed E-state index contributed by atoms with van der Waals surface area (Å²) in [5.74, 6) is 0. The predicted octanol–water partition coefficient (Wildman–Crippen LogP) is 5.09. The second-order valence-electron chi connectivity index (χ2n) is 5.64. The molecule has 0 unspecified atom stereocenters. The topological polar surface area (TPSA) is 58.5 Å². The molecule has 0 aliphatic rings. The number of benzene rings is 2. The van der Waals surface area contributed by atoms with Gasteiger partial charge in [0.2, 0.25) is 0 Å². The maximum Gasteiger partial charge on any atom is 0.0660 e. The van der Waals surface area contributed by atoms with Crippen molar-refractivity contribution in [1.82, 2.24) is 0 Å². The molecule has 0 heterocycles. The average molecular weight is 403 g/mol. The molecule has 4 nitrogen and oxygen atoms in total. The Bertz CT molecular complexity index is 688. The molecule has 0 fully saturated rings. The number of nitrogens with zero attached hydrogens (tertiary/aromatic N) is 2. The second kappa shape index (κ2) is 7.87. The Balaban J connectivity index is 2.28. The van der Waals surface area contributed by atoms with Gasteiger partial charge in [-0.1, -0.05) is 44.8 Å². The van der Waals surface area contributed by atoms with Crippen molar-refractivity contribution >= 4 is 67.5 Å². The predicted molar refractivity (Wildman–Crippen MR) is 112 cm³/mol. The van der Waals surface area contributed by atoms with Crippen LogP contribution in [0.4, 0.5) is 22.7 Å². The Kier molecular flexibility index (Phi) is 6.31. The molecular formula is C16H20Cl2N4S2. The van der Waals surface area contributed by atoms with Crippen LogP contribution in [0.1, 0.15) is 0 Å². The van der Waals surface area contributed by atoms with Crippen molar-refractivity contribution in [3.05, 3.63) is 34.3 Å². The highest BCUT2D eigenvalue weighted by molar-refractivity contribution is 8.76. The minimum absolute atomic E-state index is 0.632. The van der Waals surface area contributed by atoms with Crippen LogP contribution in [0.3, 0.4) is 0 Å². The van der Waals surface area contributed by atoms with E-state index >= 15 is 0 Å². The lowest BCUT2D eigenvalue weighted by Gasteiger charge is -2.18. The molecule has 0 radical (unpaired) electrons. The summed E-state index contributed by atoms with van der Waals surface area (Å²) in [5.41, 5.74) is 15.3. The van der Waals surface area contributed by atoms with Crippen LogP contribution in [-0.4, -0.2) is 28.2 Å². The van der Waals surface area contributed by atoms with Crippen LogP contribution in [0.25, 0.3) is 0 Å². The zero-order valence-corrected chi connectivity index (χ0v) is 17.1. The third-order valence-corrected chi connectivity index (χ3v) is 6.43. The Labute approximate surface area is 160 Å². The number of hydrogen-bond donors (Lipinski definition) is 2.